The fraction of sp³-hybridized carbons (Fsp3) is 0.235. The molecule has 0 fully saturated rings. The minimum absolute atomic E-state index is 0.192. The van der Waals surface area contributed by atoms with Gasteiger partial charge < -0.3 is 10.1 Å². The molecule has 8 heteroatoms. The van der Waals surface area contributed by atoms with Gasteiger partial charge in [-0.05, 0) is 38.5 Å². The molecule has 0 aliphatic rings. The molecular weight excluding hydrogens is 381 g/mol. The summed E-state index contributed by atoms with van der Waals surface area (Å²) in [6.45, 7) is 5.47. The van der Waals surface area contributed by atoms with Crippen LogP contribution >= 0.6 is 34.5 Å². The van der Waals surface area contributed by atoms with Crippen LogP contribution < -0.4 is 5.32 Å². The lowest BCUT2D eigenvalue weighted by Crippen LogP contribution is -2.11. The lowest BCUT2D eigenvalue weighted by atomic mass is 10.2. The van der Waals surface area contributed by atoms with Crippen molar-refractivity contribution in [3.05, 3.63) is 45.0 Å². The lowest BCUT2D eigenvalue weighted by Gasteiger charge is -2.11. The van der Waals surface area contributed by atoms with Gasteiger partial charge in [0.25, 0.3) is 0 Å². The number of carbonyl (C=O) groups is 1. The zero-order valence-electron chi connectivity index (χ0n) is 13.8. The van der Waals surface area contributed by atoms with Crippen LogP contribution in [0, 0.1) is 6.92 Å². The van der Waals surface area contributed by atoms with Crippen molar-refractivity contribution in [2.24, 2.45) is 0 Å². The maximum Gasteiger partial charge on any atom is 0.348 e. The van der Waals surface area contributed by atoms with Gasteiger partial charge in [-0.1, -0.05) is 29.3 Å². The molecule has 1 aromatic carbocycles. The van der Waals surface area contributed by atoms with E-state index in [0.29, 0.717) is 31.3 Å². The second-order valence-electron chi connectivity index (χ2n) is 5.63. The third-order valence-corrected chi connectivity index (χ3v) is 5.27. The Morgan fingerprint density at radius 3 is 2.56 bits per heavy atom. The summed E-state index contributed by atoms with van der Waals surface area (Å²) in [4.78, 5) is 22.1. The number of aryl methyl sites for hydroxylation is 1. The molecule has 3 rings (SSSR count). The Bertz CT molecular complexity index is 936. The standard InChI is InChI=1S/C17H15Cl2N3O2S/c1-8(2)24-17(23)14-9(3)12-15(20-7-21-16(12)25-14)22-13-10(18)5-4-6-11(13)19/h4-8H,1-3H3,(H,20,21,22). The average Bonchev–Trinajstić information content (AvgIpc) is 2.88. The van der Waals surface area contributed by atoms with Gasteiger partial charge in [0, 0.05) is 0 Å². The number of hydrogen-bond acceptors (Lipinski definition) is 6. The molecule has 0 unspecified atom stereocenters. The molecule has 0 saturated heterocycles. The molecular formula is C17H15Cl2N3O2S. The van der Waals surface area contributed by atoms with E-state index in [1.54, 1.807) is 18.2 Å². The van der Waals surface area contributed by atoms with Crippen LogP contribution in [0.3, 0.4) is 0 Å². The Kier molecular flexibility index (Phi) is 5.13. The van der Waals surface area contributed by atoms with Crippen LogP contribution in [-0.2, 0) is 4.74 Å². The summed E-state index contributed by atoms with van der Waals surface area (Å²) in [6.07, 6.45) is 1.24. The Hall–Kier alpha value is -1.89. The number of esters is 1. The van der Waals surface area contributed by atoms with E-state index in [9.17, 15) is 4.79 Å². The van der Waals surface area contributed by atoms with Crippen molar-refractivity contribution in [2.75, 3.05) is 5.32 Å². The van der Waals surface area contributed by atoms with E-state index in [1.165, 1.54) is 17.7 Å². The first-order valence-corrected chi connectivity index (χ1v) is 9.11. The summed E-state index contributed by atoms with van der Waals surface area (Å²) in [5.74, 6) is 0.176. The van der Waals surface area contributed by atoms with Crippen LogP contribution in [0.15, 0.2) is 24.5 Å². The van der Waals surface area contributed by atoms with Crippen LogP contribution in [-0.4, -0.2) is 22.0 Å². The molecule has 0 radical (unpaired) electrons. The Balaban J connectivity index is 2.08. The highest BCUT2D eigenvalue weighted by Crippen LogP contribution is 2.38. The van der Waals surface area contributed by atoms with E-state index in [2.05, 4.69) is 15.3 Å². The third kappa shape index (κ3) is 3.56. The molecule has 2 heterocycles. The molecule has 5 nitrogen and oxygen atoms in total. The number of carbonyl (C=O) groups excluding carboxylic acids is 1. The molecule has 0 spiro atoms. The van der Waals surface area contributed by atoms with Crippen LogP contribution in [0.5, 0.6) is 0 Å². The van der Waals surface area contributed by atoms with Crippen molar-refractivity contribution in [1.82, 2.24) is 9.97 Å². The van der Waals surface area contributed by atoms with Gasteiger partial charge in [-0.3, -0.25) is 0 Å². The number of halogens is 2. The van der Waals surface area contributed by atoms with Gasteiger partial charge in [-0.25, -0.2) is 14.8 Å². The SMILES string of the molecule is Cc1c(C(=O)OC(C)C)sc2ncnc(Nc3c(Cl)cccc3Cl)c12. The molecule has 0 atom stereocenters. The number of benzene rings is 1. The van der Waals surface area contributed by atoms with Crippen molar-refractivity contribution < 1.29 is 9.53 Å². The number of rotatable bonds is 4. The number of nitrogens with one attached hydrogen (secondary N) is 1. The Morgan fingerprint density at radius 1 is 1.24 bits per heavy atom. The molecule has 0 aliphatic carbocycles. The number of ether oxygens (including phenoxy) is 1. The number of para-hydroxylation sites is 1. The van der Waals surface area contributed by atoms with Crippen molar-refractivity contribution in [3.63, 3.8) is 0 Å². The molecule has 2 aromatic heterocycles. The first-order chi connectivity index (χ1) is 11.9. The second-order valence-corrected chi connectivity index (χ2v) is 7.45. The zero-order chi connectivity index (χ0) is 18.1. The highest BCUT2D eigenvalue weighted by atomic mass is 35.5. The second kappa shape index (κ2) is 7.15. The van der Waals surface area contributed by atoms with Gasteiger partial charge in [0.15, 0.2) is 0 Å². The number of aromatic nitrogens is 2. The topological polar surface area (TPSA) is 64.1 Å². The molecule has 3 aromatic rings. The van der Waals surface area contributed by atoms with E-state index < -0.39 is 0 Å². The maximum absolute atomic E-state index is 12.3. The maximum atomic E-state index is 12.3. The number of thiophene rings is 1. The van der Waals surface area contributed by atoms with Gasteiger partial charge in [0.2, 0.25) is 0 Å². The largest absolute Gasteiger partial charge is 0.459 e. The number of fused-ring (bicyclic) bond motifs is 1. The fourth-order valence-corrected chi connectivity index (χ4v) is 3.89. The number of hydrogen-bond donors (Lipinski definition) is 1. The zero-order valence-corrected chi connectivity index (χ0v) is 16.1. The predicted octanol–water partition coefficient (Wildman–Crippen LogP) is 5.62. The van der Waals surface area contributed by atoms with Gasteiger partial charge in [0.05, 0.1) is 27.2 Å². The van der Waals surface area contributed by atoms with Crippen LogP contribution in [0.4, 0.5) is 11.5 Å². The van der Waals surface area contributed by atoms with Gasteiger partial charge in [0.1, 0.15) is 21.9 Å². The van der Waals surface area contributed by atoms with E-state index in [0.717, 1.165) is 10.9 Å². The molecule has 0 amide bonds. The summed E-state index contributed by atoms with van der Waals surface area (Å²) in [5.41, 5.74) is 1.32. The van der Waals surface area contributed by atoms with E-state index in [4.69, 9.17) is 27.9 Å². The smallest absolute Gasteiger partial charge is 0.348 e. The number of nitrogens with zero attached hydrogens (tertiary/aromatic N) is 2. The normalized spacial score (nSPS) is 11.1. The minimum Gasteiger partial charge on any atom is -0.459 e. The van der Waals surface area contributed by atoms with Gasteiger partial charge in [-0.2, -0.15) is 0 Å². The molecule has 1 N–H and O–H groups in total. The van der Waals surface area contributed by atoms with Crippen LogP contribution in [0.2, 0.25) is 10.0 Å². The van der Waals surface area contributed by atoms with Crippen molar-refractivity contribution in [3.8, 4) is 0 Å². The summed E-state index contributed by atoms with van der Waals surface area (Å²) >= 11 is 13.7. The van der Waals surface area contributed by atoms with Crippen molar-refractivity contribution >= 4 is 62.2 Å². The summed E-state index contributed by atoms with van der Waals surface area (Å²) in [5, 5.41) is 4.86. The first-order valence-electron chi connectivity index (χ1n) is 7.54. The Morgan fingerprint density at radius 2 is 1.92 bits per heavy atom. The van der Waals surface area contributed by atoms with Crippen LogP contribution in [0.1, 0.15) is 29.1 Å². The fourth-order valence-electron chi connectivity index (χ4n) is 2.36. The van der Waals surface area contributed by atoms with Crippen molar-refractivity contribution in [2.45, 2.75) is 26.9 Å². The average molecular weight is 396 g/mol. The number of anilines is 2. The summed E-state index contributed by atoms with van der Waals surface area (Å²) in [7, 11) is 0. The highest BCUT2D eigenvalue weighted by Gasteiger charge is 2.21. The monoisotopic (exact) mass is 395 g/mol. The van der Waals surface area contributed by atoms with Crippen molar-refractivity contribution in [1.29, 1.82) is 0 Å². The van der Waals surface area contributed by atoms with E-state index >= 15 is 0 Å². The summed E-state index contributed by atoms with van der Waals surface area (Å²) < 4.78 is 5.30. The predicted molar refractivity (Wildman–Crippen MR) is 102 cm³/mol. The molecule has 130 valence electrons. The Labute approximate surface area is 159 Å². The van der Waals surface area contributed by atoms with Crippen LogP contribution in [0.25, 0.3) is 10.2 Å². The van der Waals surface area contributed by atoms with E-state index in [-0.39, 0.29) is 12.1 Å². The third-order valence-electron chi connectivity index (χ3n) is 3.46. The highest BCUT2D eigenvalue weighted by molar-refractivity contribution is 7.20. The molecule has 0 bridgehead atoms. The lowest BCUT2D eigenvalue weighted by molar-refractivity contribution is 0.0383. The molecule has 0 aliphatic heterocycles. The minimum atomic E-state index is -0.364. The van der Waals surface area contributed by atoms with E-state index in [1.807, 2.05) is 20.8 Å². The van der Waals surface area contributed by atoms with Gasteiger partial charge in [-0.15, -0.1) is 11.3 Å². The van der Waals surface area contributed by atoms with Gasteiger partial charge >= 0.3 is 5.97 Å². The molecule has 25 heavy (non-hydrogen) atoms. The summed E-state index contributed by atoms with van der Waals surface area (Å²) in [6, 6.07) is 5.24. The quantitative estimate of drug-likeness (QED) is 0.581. The first kappa shape index (κ1) is 17.9. The molecule has 0 saturated carbocycles.